The number of thiophene rings is 1. The van der Waals surface area contributed by atoms with Gasteiger partial charge in [0, 0.05) is 25.0 Å². The Morgan fingerprint density at radius 2 is 1.92 bits per heavy atom. The van der Waals surface area contributed by atoms with Crippen molar-refractivity contribution in [2.45, 2.75) is 38.1 Å². The molecular weight excluding hydrogens is 330 g/mol. The van der Waals surface area contributed by atoms with Crippen molar-refractivity contribution in [2.75, 3.05) is 52.9 Å². The fraction of sp³-hybridized carbons (Fsp3) is 0.737. The van der Waals surface area contributed by atoms with E-state index in [2.05, 4.69) is 42.9 Å². The lowest BCUT2D eigenvalue weighted by Gasteiger charge is -2.27. The summed E-state index contributed by atoms with van der Waals surface area (Å²) in [5.41, 5.74) is 0. The Hall–Kier alpha value is -1.11. The number of likely N-dealkylation sites (tertiary alicyclic amines) is 2. The van der Waals surface area contributed by atoms with Gasteiger partial charge in [0.2, 0.25) is 0 Å². The number of hydrogen-bond acceptors (Lipinski definition) is 4. The molecule has 0 spiro atoms. The Balaban J connectivity index is 1.42. The lowest BCUT2D eigenvalue weighted by Crippen LogP contribution is -2.43. The predicted molar refractivity (Wildman–Crippen MR) is 108 cm³/mol. The van der Waals surface area contributed by atoms with Crippen molar-refractivity contribution in [2.24, 2.45) is 4.99 Å². The summed E-state index contributed by atoms with van der Waals surface area (Å²) in [4.78, 5) is 11.0. The van der Waals surface area contributed by atoms with Crippen LogP contribution in [0.25, 0.3) is 0 Å². The summed E-state index contributed by atoms with van der Waals surface area (Å²) >= 11 is 1.87. The molecule has 0 bridgehead atoms. The summed E-state index contributed by atoms with van der Waals surface area (Å²) in [6.45, 7) is 8.11. The van der Waals surface area contributed by atoms with Crippen LogP contribution in [-0.2, 0) is 0 Å². The third-order valence-electron chi connectivity index (χ3n) is 5.28. The van der Waals surface area contributed by atoms with Gasteiger partial charge in [-0.3, -0.25) is 9.89 Å². The molecule has 2 saturated heterocycles. The molecule has 0 amide bonds. The maximum Gasteiger partial charge on any atom is 0.191 e. The molecular formula is C19H33N5S. The number of guanidine groups is 1. The van der Waals surface area contributed by atoms with Gasteiger partial charge >= 0.3 is 0 Å². The Morgan fingerprint density at radius 1 is 1.16 bits per heavy atom. The van der Waals surface area contributed by atoms with Crippen LogP contribution in [0.1, 0.15) is 43.0 Å². The summed E-state index contributed by atoms with van der Waals surface area (Å²) in [7, 11) is 1.87. The van der Waals surface area contributed by atoms with Crippen LogP contribution < -0.4 is 10.6 Å². The van der Waals surface area contributed by atoms with E-state index in [-0.39, 0.29) is 0 Å². The number of nitrogens with zero attached hydrogens (tertiary/aromatic N) is 3. The Labute approximate surface area is 156 Å². The smallest absolute Gasteiger partial charge is 0.191 e. The molecule has 0 aromatic carbocycles. The van der Waals surface area contributed by atoms with E-state index in [1.165, 1.54) is 69.7 Å². The second-order valence-corrected chi connectivity index (χ2v) is 8.04. The van der Waals surface area contributed by atoms with E-state index < -0.39 is 0 Å². The molecule has 1 unspecified atom stereocenters. The largest absolute Gasteiger partial charge is 0.356 e. The molecule has 3 rings (SSSR count). The molecule has 5 nitrogen and oxygen atoms in total. The van der Waals surface area contributed by atoms with Gasteiger partial charge in [0.05, 0.1) is 6.04 Å². The summed E-state index contributed by atoms with van der Waals surface area (Å²) in [6.07, 6.45) is 6.58. The highest BCUT2D eigenvalue weighted by molar-refractivity contribution is 7.10. The van der Waals surface area contributed by atoms with Crippen LogP contribution in [0.5, 0.6) is 0 Å². The zero-order valence-electron chi connectivity index (χ0n) is 15.5. The topological polar surface area (TPSA) is 42.9 Å². The molecule has 1 aromatic rings. The normalized spacial score (nSPS) is 20.9. The van der Waals surface area contributed by atoms with E-state index in [1.54, 1.807) is 0 Å². The van der Waals surface area contributed by atoms with Crippen LogP contribution >= 0.6 is 11.3 Å². The first-order valence-corrected chi connectivity index (χ1v) is 10.7. The fourth-order valence-corrected chi connectivity index (χ4v) is 4.73. The predicted octanol–water partition coefficient (Wildman–Crippen LogP) is 2.54. The minimum atomic E-state index is 0.464. The van der Waals surface area contributed by atoms with Crippen LogP contribution in [0.4, 0.5) is 0 Å². The maximum absolute atomic E-state index is 4.40. The average molecular weight is 364 g/mol. The van der Waals surface area contributed by atoms with Crippen LogP contribution in [0.2, 0.25) is 0 Å². The molecule has 0 aliphatic carbocycles. The van der Waals surface area contributed by atoms with Crippen LogP contribution in [-0.4, -0.2) is 68.6 Å². The van der Waals surface area contributed by atoms with E-state index in [0.717, 1.165) is 19.0 Å². The third-order valence-corrected chi connectivity index (χ3v) is 6.26. The van der Waals surface area contributed by atoms with Gasteiger partial charge in [-0.05, 0) is 76.3 Å². The van der Waals surface area contributed by atoms with Crippen LogP contribution in [0.15, 0.2) is 22.5 Å². The summed E-state index contributed by atoms with van der Waals surface area (Å²) in [6, 6.07) is 4.89. The average Bonchev–Trinajstić information content (AvgIpc) is 3.40. The van der Waals surface area contributed by atoms with E-state index in [4.69, 9.17) is 0 Å². The molecule has 0 radical (unpaired) electrons. The number of rotatable bonds is 8. The first-order chi connectivity index (χ1) is 12.4. The van der Waals surface area contributed by atoms with Gasteiger partial charge in [-0.1, -0.05) is 6.07 Å². The third kappa shape index (κ3) is 5.69. The summed E-state index contributed by atoms with van der Waals surface area (Å²) in [5, 5.41) is 9.22. The monoisotopic (exact) mass is 363 g/mol. The molecule has 6 heteroatoms. The zero-order chi connectivity index (χ0) is 17.3. The van der Waals surface area contributed by atoms with Crippen molar-refractivity contribution >= 4 is 17.3 Å². The second kappa shape index (κ2) is 10.1. The van der Waals surface area contributed by atoms with E-state index >= 15 is 0 Å². The molecule has 2 aliphatic heterocycles. The standard InChI is InChI=1S/C19H33N5S/c1-20-19(21-9-7-12-23-10-2-3-11-23)22-16-17(18-8-6-15-25-18)24-13-4-5-14-24/h6,8,15,17H,2-5,7,9-14,16H2,1H3,(H2,20,21,22). The van der Waals surface area contributed by atoms with Crippen molar-refractivity contribution in [3.05, 3.63) is 22.4 Å². The molecule has 1 atom stereocenters. The first kappa shape index (κ1) is 18.7. The molecule has 2 N–H and O–H groups in total. The van der Waals surface area contributed by atoms with E-state index in [1.807, 2.05) is 18.4 Å². The maximum atomic E-state index is 4.40. The van der Waals surface area contributed by atoms with Gasteiger partial charge in [0.1, 0.15) is 0 Å². The molecule has 3 heterocycles. The molecule has 140 valence electrons. The minimum absolute atomic E-state index is 0.464. The number of nitrogens with one attached hydrogen (secondary N) is 2. The van der Waals surface area contributed by atoms with Gasteiger partial charge in [0.25, 0.3) is 0 Å². The van der Waals surface area contributed by atoms with Crippen molar-refractivity contribution in [3.8, 4) is 0 Å². The SMILES string of the molecule is CN=C(NCCCN1CCCC1)NCC(c1cccs1)N1CCCC1. The molecule has 25 heavy (non-hydrogen) atoms. The van der Waals surface area contributed by atoms with Gasteiger partial charge in [-0.2, -0.15) is 0 Å². The number of hydrogen-bond donors (Lipinski definition) is 2. The zero-order valence-corrected chi connectivity index (χ0v) is 16.4. The van der Waals surface area contributed by atoms with Crippen molar-refractivity contribution in [3.63, 3.8) is 0 Å². The van der Waals surface area contributed by atoms with Gasteiger partial charge in [-0.25, -0.2) is 0 Å². The van der Waals surface area contributed by atoms with Gasteiger partial charge < -0.3 is 15.5 Å². The van der Waals surface area contributed by atoms with Crippen molar-refractivity contribution < 1.29 is 0 Å². The van der Waals surface area contributed by atoms with Crippen molar-refractivity contribution in [1.29, 1.82) is 0 Å². The summed E-state index contributed by atoms with van der Waals surface area (Å²) in [5.74, 6) is 0.933. The highest BCUT2D eigenvalue weighted by Gasteiger charge is 2.24. The van der Waals surface area contributed by atoms with E-state index in [9.17, 15) is 0 Å². The minimum Gasteiger partial charge on any atom is -0.356 e. The Bertz CT molecular complexity index is 504. The quantitative estimate of drug-likeness (QED) is 0.423. The fourth-order valence-electron chi connectivity index (χ4n) is 3.87. The number of aliphatic imine (C=N–C) groups is 1. The lowest BCUT2D eigenvalue weighted by molar-refractivity contribution is 0.249. The highest BCUT2D eigenvalue weighted by atomic mass is 32.1. The Morgan fingerprint density at radius 3 is 2.60 bits per heavy atom. The molecule has 1 aromatic heterocycles. The van der Waals surface area contributed by atoms with Crippen molar-refractivity contribution in [1.82, 2.24) is 20.4 Å². The van der Waals surface area contributed by atoms with E-state index in [0.29, 0.717) is 6.04 Å². The second-order valence-electron chi connectivity index (χ2n) is 7.06. The first-order valence-electron chi connectivity index (χ1n) is 9.81. The lowest BCUT2D eigenvalue weighted by atomic mass is 10.2. The van der Waals surface area contributed by atoms with Crippen LogP contribution in [0.3, 0.4) is 0 Å². The highest BCUT2D eigenvalue weighted by Crippen LogP contribution is 2.27. The van der Waals surface area contributed by atoms with Crippen LogP contribution in [0, 0.1) is 0 Å². The molecule has 2 aliphatic rings. The Kier molecular flexibility index (Phi) is 7.57. The summed E-state index contributed by atoms with van der Waals surface area (Å²) < 4.78 is 0. The molecule has 0 saturated carbocycles. The van der Waals surface area contributed by atoms with Gasteiger partial charge in [-0.15, -0.1) is 11.3 Å². The van der Waals surface area contributed by atoms with Gasteiger partial charge in [0.15, 0.2) is 5.96 Å². The molecule has 2 fully saturated rings.